The molecule has 0 saturated carbocycles. The van der Waals surface area contributed by atoms with Crippen LogP contribution in [0.3, 0.4) is 0 Å². The van der Waals surface area contributed by atoms with Crippen LogP contribution in [-0.2, 0) is 0 Å². The highest BCUT2D eigenvalue weighted by Gasteiger charge is 2.23. The second-order valence-electron chi connectivity index (χ2n) is 6.36. The molecule has 0 bridgehead atoms. The lowest BCUT2D eigenvalue weighted by Gasteiger charge is -2.01. The number of hydrogen-bond donors (Lipinski definition) is 1. The van der Waals surface area contributed by atoms with Gasteiger partial charge in [0.15, 0.2) is 5.58 Å². The molecule has 0 saturated heterocycles. The zero-order chi connectivity index (χ0) is 22.1. The van der Waals surface area contributed by atoms with Crippen molar-refractivity contribution in [1.82, 2.24) is 4.98 Å². The smallest absolute Gasteiger partial charge is 0.318 e. The normalized spacial score (nSPS) is 11.3. The van der Waals surface area contributed by atoms with Gasteiger partial charge in [-0.1, -0.05) is 22.0 Å². The number of aromatic hydroxyl groups is 1. The van der Waals surface area contributed by atoms with Gasteiger partial charge < -0.3 is 9.52 Å². The van der Waals surface area contributed by atoms with Gasteiger partial charge in [-0.2, -0.15) is 0 Å². The van der Waals surface area contributed by atoms with Crippen LogP contribution in [0.25, 0.3) is 22.6 Å². The van der Waals surface area contributed by atoms with E-state index in [1.54, 1.807) is 18.2 Å². The van der Waals surface area contributed by atoms with Crippen LogP contribution >= 0.6 is 15.9 Å². The molecule has 0 aliphatic heterocycles. The molecule has 0 aliphatic carbocycles. The van der Waals surface area contributed by atoms with E-state index >= 15 is 0 Å². The van der Waals surface area contributed by atoms with E-state index in [9.17, 15) is 25.3 Å². The average Bonchev–Trinajstić information content (AvgIpc) is 3.16. The Hall–Kier alpha value is -4.12. The van der Waals surface area contributed by atoms with Crippen LogP contribution < -0.4 is 0 Å². The van der Waals surface area contributed by atoms with E-state index in [-0.39, 0.29) is 5.56 Å². The van der Waals surface area contributed by atoms with Crippen molar-refractivity contribution >= 4 is 50.3 Å². The SMILES string of the molecule is O=[N+]([O-])c1cc(C=Nc2ccc3oc(-c4cccc(Br)c4)nc3c2)c(O)c([N+](=O)[O-])c1. The quantitative estimate of drug-likeness (QED) is 0.223. The third-order valence-electron chi connectivity index (χ3n) is 4.31. The summed E-state index contributed by atoms with van der Waals surface area (Å²) in [6.45, 7) is 0. The molecular weight excluding hydrogens is 472 g/mol. The predicted molar refractivity (Wildman–Crippen MR) is 116 cm³/mol. The van der Waals surface area contributed by atoms with Crippen molar-refractivity contribution in [2.75, 3.05) is 0 Å². The van der Waals surface area contributed by atoms with Gasteiger partial charge in [0.05, 0.1) is 21.6 Å². The molecule has 0 aliphatic rings. The molecule has 1 aromatic heterocycles. The number of rotatable bonds is 5. The van der Waals surface area contributed by atoms with Crippen LogP contribution in [-0.4, -0.2) is 26.2 Å². The number of phenolic OH excluding ortho intramolecular Hbond substituents is 1. The van der Waals surface area contributed by atoms with Crippen molar-refractivity contribution < 1.29 is 19.4 Å². The summed E-state index contributed by atoms with van der Waals surface area (Å²) in [4.78, 5) is 29.0. The van der Waals surface area contributed by atoms with Crippen molar-refractivity contribution in [3.63, 3.8) is 0 Å². The van der Waals surface area contributed by atoms with E-state index in [2.05, 4.69) is 25.9 Å². The van der Waals surface area contributed by atoms with Gasteiger partial charge in [0, 0.05) is 27.9 Å². The van der Waals surface area contributed by atoms with Crippen LogP contribution in [0.5, 0.6) is 5.75 Å². The maximum atomic E-state index is 11.1. The summed E-state index contributed by atoms with van der Waals surface area (Å²) in [7, 11) is 0. The molecule has 4 rings (SSSR count). The van der Waals surface area contributed by atoms with Crippen LogP contribution in [0.1, 0.15) is 5.56 Å². The first-order valence-corrected chi connectivity index (χ1v) is 9.47. The Bertz CT molecular complexity index is 1380. The number of oxazole rings is 1. The van der Waals surface area contributed by atoms with Crippen molar-refractivity contribution in [3.05, 3.63) is 84.9 Å². The number of fused-ring (bicyclic) bond motifs is 1. The molecule has 154 valence electrons. The largest absolute Gasteiger partial charge is 0.502 e. The Balaban J connectivity index is 1.70. The minimum atomic E-state index is -0.898. The predicted octanol–water partition coefficient (Wildman–Crippen LogP) is 5.53. The van der Waals surface area contributed by atoms with Crippen molar-refractivity contribution in [3.8, 4) is 17.2 Å². The van der Waals surface area contributed by atoms with E-state index in [1.165, 1.54) is 0 Å². The lowest BCUT2D eigenvalue weighted by atomic mass is 10.1. The molecule has 4 aromatic rings. The average molecular weight is 483 g/mol. The fourth-order valence-electron chi connectivity index (χ4n) is 2.85. The number of benzene rings is 3. The Kier molecular flexibility index (Phi) is 5.17. The maximum absolute atomic E-state index is 11.1. The Morgan fingerprint density at radius 2 is 1.87 bits per heavy atom. The first-order valence-electron chi connectivity index (χ1n) is 8.68. The Labute approximate surface area is 181 Å². The van der Waals surface area contributed by atoms with Gasteiger partial charge in [-0.25, -0.2) is 4.98 Å². The van der Waals surface area contributed by atoms with Crippen molar-refractivity contribution in [2.24, 2.45) is 4.99 Å². The van der Waals surface area contributed by atoms with Crippen LogP contribution in [0.2, 0.25) is 0 Å². The molecule has 0 unspecified atom stereocenters. The fourth-order valence-corrected chi connectivity index (χ4v) is 3.25. The van der Waals surface area contributed by atoms with Crippen molar-refractivity contribution in [2.45, 2.75) is 0 Å². The molecule has 0 fully saturated rings. The van der Waals surface area contributed by atoms with Gasteiger partial charge in [0.1, 0.15) is 5.52 Å². The minimum Gasteiger partial charge on any atom is -0.502 e. The number of non-ortho nitro benzene ring substituents is 1. The highest BCUT2D eigenvalue weighted by molar-refractivity contribution is 9.10. The summed E-state index contributed by atoms with van der Waals surface area (Å²) in [6, 6.07) is 14.1. The van der Waals surface area contributed by atoms with E-state index in [0.717, 1.165) is 22.3 Å². The summed E-state index contributed by atoms with van der Waals surface area (Å²) in [5.74, 6) is -0.289. The molecule has 0 spiro atoms. The zero-order valence-corrected chi connectivity index (χ0v) is 17.0. The number of nitro groups is 2. The standard InChI is InChI=1S/C20H11BrN4O6/c21-13-3-1-2-11(6-13)20-23-16-8-14(4-5-18(16)31-20)22-10-12-7-15(24(27)28)9-17(19(12)26)25(29)30/h1-10,26H. The van der Waals surface area contributed by atoms with E-state index < -0.39 is 27.0 Å². The van der Waals surface area contributed by atoms with Gasteiger partial charge in [-0.05, 0) is 36.4 Å². The number of hydrogen-bond acceptors (Lipinski definition) is 8. The Morgan fingerprint density at radius 1 is 1.06 bits per heavy atom. The zero-order valence-electron chi connectivity index (χ0n) is 15.4. The highest BCUT2D eigenvalue weighted by atomic mass is 79.9. The third-order valence-corrected chi connectivity index (χ3v) is 4.80. The fraction of sp³-hybridized carbons (Fsp3) is 0. The number of phenols is 1. The van der Waals surface area contributed by atoms with E-state index in [0.29, 0.717) is 28.7 Å². The molecule has 31 heavy (non-hydrogen) atoms. The van der Waals surface area contributed by atoms with Crippen LogP contribution in [0, 0.1) is 20.2 Å². The maximum Gasteiger partial charge on any atom is 0.318 e. The molecule has 0 amide bonds. The summed E-state index contributed by atoms with van der Waals surface area (Å²) in [5.41, 5.74) is 0.787. The van der Waals surface area contributed by atoms with Gasteiger partial charge in [0.2, 0.25) is 11.6 Å². The summed E-state index contributed by atoms with van der Waals surface area (Å²) < 4.78 is 6.63. The first-order chi connectivity index (χ1) is 14.8. The molecule has 3 aromatic carbocycles. The second-order valence-corrected chi connectivity index (χ2v) is 7.27. The first kappa shape index (κ1) is 20.2. The summed E-state index contributed by atoms with van der Waals surface area (Å²) >= 11 is 3.40. The van der Waals surface area contributed by atoms with Crippen molar-refractivity contribution in [1.29, 1.82) is 0 Å². The number of nitro benzene ring substituents is 2. The van der Waals surface area contributed by atoms with Gasteiger partial charge in [0.25, 0.3) is 5.69 Å². The molecule has 1 heterocycles. The Morgan fingerprint density at radius 3 is 2.58 bits per heavy atom. The number of aromatic nitrogens is 1. The molecule has 10 nitrogen and oxygen atoms in total. The van der Waals surface area contributed by atoms with Gasteiger partial charge >= 0.3 is 5.69 Å². The van der Waals surface area contributed by atoms with Crippen LogP contribution in [0.4, 0.5) is 17.1 Å². The minimum absolute atomic E-state index is 0.157. The summed E-state index contributed by atoms with van der Waals surface area (Å²) in [6.07, 6.45) is 1.12. The molecule has 1 N–H and O–H groups in total. The summed E-state index contributed by atoms with van der Waals surface area (Å²) in [5, 5.41) is 32.2. The third kappa shape index (κ3) is 4.12. The highest BCUT2D eigenvalue weighted by Crippen LogP contribution is 2.34. The number of nitrogens with zero attached hydrogens (tertiary/aromatic N) is 4. The van der Waals surface area contributed by atoms with E-state index in [4.69, 9.17) is 4.42 Å². The molecular formula is C20H11BrN4O6. The molecule has 0 atom stereocenters. The second kappa shape index (κ2) is 7.95. The van der Waals surface area contributed by atoms with E-state index in [1.807, 2.05) is 24.3 Å². The topological polar surface area (TPSA) is 145 Å². The monoisotopic (exact) mass is 482 g/mol. The van der Waals surface area contributed by atoms with Crippen LogP contribution in [0.15, 0.2) is 68.5 Å². The lowest BCUT2D eigenvalue weighted by molar-refractivity contribution is -0.394. The molecule has 11 heteroatoms. The van der Waals surface area contributed by atoms with Gasteiger partial charge in [-0.3, -0.25) is 25.2 Å². The van der Waals surface area contributed by atoms with Gasteiger partial charge in [-0.15, -0.1) is 0 Å². The molecule has 0 radical (unpaired) electrons. The number of halogens is 1. The lowest BCUT2D eigenvalue weighted by Crippen LogP contribution is -1.96. The number of aliphatic imine (C=N–C) groups is 1.